The van der Waals surface area contributed by atoms with Crippen molar-refractivity contribution >= 4 is 25.6 Å². The molecule has 1 saturated carbocycles. The van der Waals surface area contributed by atoms with Gasteiger partial charge in [0.15, 0.2) is 0 Å². The molecule has 1 amide bonds. The third kappa shape index (κ3) is 2.87. The van der Waals surface area contributed by atoms with Crippen LogP contribution >= 0.6 is 10.7 Å². The number of hydrogen-bond acceptors (Lipinski definition) is 3. The van der Waals surface area contributed by atoms with Gasteiger partial charge in [0.05, 0.1) is 0 Å². The molecule has 18 heavy (non-hydrogen) atoms. The number of rotatable bonds is 4. The van der Waals surface area contributed by atoms with Crippen molar-refractivity contribution in [3.8, 4) is 0 Å². The van der Waals surface area contributed by atoms with E-state index in [1.807, 2.05) is 13.8 Å². The second-order valence-corrected chi connectivity index (χ2v) is 7.70. The summed E-state index contributed by atoms with van der Waals surface area (Å²) in [6.45, 7) is 3.93. The molecule has 100 valence electrons. The molecule has 0 spiro atoms. The summed E-state index contributed by atoms with van der Waals surface area (Å²) in [4.78, 5) is 14.5. The summed E-state index contributed by atoms with van der Waals surface area (Å²) in [5.74, 6) is 0.172. The van der Waals surface area contributed by atoms with E-state index in [1.165, 1.54) is 12.3 Å². The van der Waals surface area contributed by atoms with Crippen LogP contribution in [0.1, 0.15) is 37.2 Å². The third-order valence-electron chi connectivity index (χ3n) is 3.22. The largest absolute Gasteiger partial charge is 0.356 e. The molecule has 1 fully saturated rings. The molecule has 2 N–H and O–H groups in total. The zero-order valence-electron chi connectivity index (χ0n) is 10.2. The van der Waals surface area contributed by atoms with Crippen molar-refractivity contribution in [3.05, 3.63) is 18.0 Å². The Hall–Kier alpha value is -1.01. The minimum atomic E-state index is -3.80. The summed E-state index contributed by atoms with van der Waals surface area (Å²) >= 11 is 0. The zero-order chi connectivity index (χ0) is 13.6. The highest BCUT2D eigenvalue weighted by molar-refractivity contribution is 8.13. The van der Waals surface area contributed by atoms with E-state index in [-0.39, 0.29) is 22.0 Å². The highest BCUT2D eigenvalue weighted by Crippen LogP contribution is 2.39. The Morgan fingerprint density at radius 1 is 1.50 bits per heavy atom. The maximum absolute atomic E-state index is 12.0. The molecular formula is C11H15ClN2O3S. The minimum absolute atomic E-state index is 0.0986. The van der Waals surface area contributed by atoms with Gasteiger partial charge in [0.25, 0.3) is 15.0 Å². The van der Waals surface area contributed by atoms with E-state index in [0.717, 1.165) is 12.8 Å². The van der Waals surface area contributed by atoms with Crippen LogP contribution < -0.4 is 5.32 Å². The lowest BCUT2D eigenvalue weighted by Gasteiger charge is -2.25. The fourth-order valence-electron chi connectivity index (χ4n) is 1.91. The summed E-state index contributed by atoms with van der Waals surface area (Å²) in [5.41, 5.74) is -0.0784. The van der Waals surface area contributed by atoms with Gasteiger partial charge < -0.3 is 10.3 Å². The zero-order valence-corrected chi connectivity index (χ0v) is 11.7. The second-order valence-electron chi connectivity index (χ2n) is 5.14. The standard InChI is InChI=1S/C11H15ClN2O3S/c1-11(2,7-3-4-7)14-10(15)9-5-8(6-13-9)18(12,16)17/h5-7,13H,3-4H2,1-2H3,(H,14,15). The van der Waals surface area contributed by atoms with E-state index in [0.29, 0.717) is 5.92 Å². The molecule has 5 nitrogen and oxygen atoms in total. The molecule has 0 aromatic carbocycles. The lowest BCUT2D eigenvalue weighted by molar-refractivity contribution is 0.0898. The monoisotopic (exact) mass is 290 g/mol. The molecule has 1 heterocycles. The van der Waals surface area contributed by atoms with Crippen molar-refractivity contribution < 1.29 is 13.2 Å². The Bertz CT molecular complexity index is 573. The van der Waals surface area contributed by atoms with Crippen LogP contribution in [0.5, 0.6) is 0 Å². The SMILES string of the molecule is CC(C)(NC(=O)c1cc(S(=O)(=O)Cl)c[nH]1)C1CC1. The van der Waals surface area contributed by atoms with Crippen LogP contribution in [0.3, 0.4) is 0 Å². The van der Waals surface area contributed by atoms with Crippen molar-refractivity contribution in [1.29, 1.82) is 0 Å². The normalized spacial score (nSPS) is 16.6. The molecule has 0 unspecified atom stereocenters. The minimum Gasteiger partial charge on any atom is -0.356 e. The van der Waals surface area contributed by atoms with Gasteiger partial charge in [-0.05, 0) is 38.7 Å². The maximum atomic E-state index is 12.0. The number of aromatic nitrogens is 1. The van der Waals surface area contributed by atoms with Gasteiger partial charge in [0.1, 0.15) is 10.6 Å². The Kier molecular flexibility index (Phi) is 3.19. The summed E-state index contributed by atoms with van der Waals surface area (Å²) in [7, 11) is 1.39. The molecular weight excluding hydrogens is 276 g/mol. The third-order valence-corrected chi connectivity index (χ3v) is 4.55. The van der Waals surface area contributed by atoms with E-state index in [4.69, 9.17) is 10.7 Å². The van der Waals surface area contributed by atoms with Gasteiger partial charge in [-0.2, -0.15) is 0 Å². The first-order valence-electron chi connectivity index (χ1n) is 5.66. The van der Waals surface area contributed by atoms with Gasteiger partial charge in [-0.1, -0.05) is 0 Å². The highest BCUT2D eigenvalue weighted by atomic mass is 35.7. The van der Waals surface area contributed by atoms with Crippen molar-refractivity contribution in [2.75, 3.05) is 0 Å². The number of amides is 1. The summed E-state index contributed by atoms with van der Waals surface area (Å²) in [6.07, 6.45) is 3.43. The van der Waals surface area contributed by atoms with Crippen LogP contribution in [0.2, 0.25) is 0 Å². The quantitative estimate of drug-likeness (QED) is 0.831. The van der Waals surface area contributed by atoms with Crippen LogP contribution in [0.15, 0.2) is 17.2 Å². The van der Waals surface area contributed by atoms with Crippen LogP contribution in [0.4, 0.5) is 0 Å². The average molecular weight is 291 g/mol. The fraction of sp³-hybridized carbons (Fsp3) is 0.545. The van der Waals surface area contributed by atoms with Crippen LogP contribution in [0.25, 0.3) is 0 Å². The summed E-state index contributed by atoms with van der Waals surface area (Å²) in [6, 6.07) is 1.24. The molecule has 0 radical (unpaired) electrons. The van der Waals surface area contributed by atoms with Crippen molar-refractivity contribution in [1.82, 2.24) is 10.3 Å². The van der Waals surface area contributed by atoms with Gasteiger partial charge in [-0.15, -0.1) is 0 Å². The second kappa shape index (κ2) is 4.28. The first kappa shape index (κ1) is 13.4. The van der Waals surface area contributed by atoms with E-state index >= 15 is 0 Å². The van der Waals surface area contributed by atoms with Crippen LogP contribution in [-0.2, 0) is 9.05 Å². The van der Waals surface area contributed by atoms with E-state index in [1.54, 1.807) is 0 Å². The lowest BCUT2D eigenvalue weighted by atomic mass is 9.98. The van der Waals surface area contributed by atoms with Gasteiger partial charge in [0.2, 0.25) is 0 Å². The highest BCUT2D eigenvalue weighted by Gasteiger charge is 2.39. The Morgan fingerprint density at radius 3 is 2.56 bits per heavy atom. The molecule has 0 bridgehead atoms. The molecule has 0 aliphatic heterocycles. The Balaban J connectivity index is 2.12. The Labute approximate surface area is 110 Å². The lowest BCUT2D eigenvalue weighted by Crippen LogP contribution is -2.45. The van der Waals surface area contributed by atoms with Crippen molar-refractivity contribution in [2.24, 2.45) is 5.92 Å². The molecule has 2 rings (SSSR count). The number of halogens is 1. The maximum Gasteiger partial charge on any atom is 0.268 e. The molecule has 1 aromatic rings. The van der Waals surface area contributed by atoms with Gasteiger partial charge >= 0.3 is 0 Å². The predicted octanol–water partition coefficient (Wildman–Crippen LogP) is 1.86. The number of aromatic amines is 1. The number of carbonyl (C=O) groups excluding carboxylic acids is 1. The van der Waals surface area contributed by atoms with E-state index in [9.17, 15) is 13.2 Å². The molecule has 0 saturated heterocycles. The first-order chi connectivity index (χ1) is 8.20. The summed E-state index contributed by atoms with van der Waals surface area (Å²) < 4.78 is 22.2. The van der Waals surface area contributed by atoms with Gasteiger partial charge in [0, 0.05) is 22.4 Å². The molecule has 1 aliphatic rings. The summed E-state index contributed by atoms with van der Waals surface area (Å²) in [5, 5.41) is 2.89. The average Bonchev–Trinajstić information content (AvgIpc) is 2.94. The number of nitrogens with one attached hydrogen (secondary N) is 2. The smallest absolute Gasteiger partial charge is 0.268 e. The molecule has 1 aromatic heterocycles. The van der Waals surface area contributed by atoms with Gasteiger partial charge in [-0.3, -0.25) is 4.79 Å². The van der Waals surface area contributed by atoms with Crippen LogP contribution in [-0.4, -0.2) is 24.8 Å². The topological polar surface area (TPSA) is 79.0 Å². The number of H-pyrrole nitrogens is 1. The fourth-order valence-corrected chi connectivity index (χ4v) is 2.64. The first-order valence-corrected chi connectivity index (χ1v) is 7.97. The number of carbonyl (C=O) groups is 1. The van der Waals surface area contributed by atoms with Crippen molar-refractivity contribution in [3.63, 3.8) is 0 Å². The molecule has 7 heteroatoms. The Morgan fingerprint density at radius 2 is 2.11 bits per heavy atom. The number of hydrogen-bond donors (Lipinski definition) is 2. The predicted molar refractivity (Wildman–Crippen MR) is 68.1 cm³/mol. The van der Waals surface area contributed by atoms with E-state index in [2.05, 4.69) is 10.3 Å². The molecule has 1 aliphatic carbocycles. The van der Waals surface area contributed by atoms with Crippen LogP contribution in [0, 0.1) is 5.92 Å². The van der Waals surface area contributed by atoms with Crippen molar-refractivity contribution in [2.45, 2.75) is 37.1 Å². The van der Waals surface area contributed by atoms with E-state index < -0.39 is 9.05 Å². The molecule has 0 atom stereocenters. The van der Waals surface area contributed by atoms with Gasteiger partial charge in [-0.25, -0.2) is 8.42 Å².